The van der Waals surface area contributed by atoms with Crippen LogP contribution in [0.4, 0.5) is 10.1 Å². The molecule has 10 heteroatoms. The molecule has 31 heavy (non-hydrogen) atoms. The lowest BCUT2D eigenvalue weighted by molar-refractivity contribution is 0.0997. The maximum atomic E-state index is 12.5. The van der Waals surface area contributed by atoms with Crippen LogP contribution in [-0.2, 0) is 0 Å². The third-order valence-corrected chi connectivity index (χ3v) is 5.73. The van der Waals surface area contributed by atoms with Crippen molar-refractivity contribution in [2.75, 3.05) is 10.7 Å². The Hall–Kier alpha value is -2.84. The van der Waals surface area contributed by atoms with Crippen LogP contribution in [0.25, 0.3) is 11.3 Å². The average molecular weight is 492 g/mol. The fourth-order valence-corrected chi connectivity index (χ4v) is 4.01. The van der Waals surface area contributed by atoms with E-state index in [2.05, 4.69) is 20.8 Å². The van der Waals surface area contributed by atoms with Crippen molar-refractivity contribution in [3.8, 4) is 11.3 Å². The van der Waals surface area contributed by atoms with Crippen LogP contribution in [-0.4, -0.2) is 17.1 Å². The third kappa shape index (κ3) is 5.26. The summed E-state index contributed by atoms with van der Waals surface area (Å²) in [4.78, 5) is 17.0. The van der Waals surface area contributed by atoms with E-state index in [1.165, 1.54) is 17.6 Å². The van der Waals surface area contributed by atoms with Crippen molar-refractivity contribution in [3.05, 3.63) is 87.3 Å². The minimum Gasteiger partial charge on any atom is -0.459 e. The molecule has 2 heterocycles. The van der Waals surface area contributed by atoms with E-state index in [4.69, 9.17) is 39.2 Å². The molecule has 0 aliphatic carbocycles. The number of carbonyl (C=O) groups is 1. The molecule has 0 saturated heterocycles. The monoisotopic (exact) mass is 490 g/mol. The molecule has 2 N–H and O–H groups in total. The van der Waals surface area contributed by atoms with E-state index in [9.17, 15) is 4.79 Å². The summed E-state index contributed by atoms with van der Waals surface area (Å²) in [6, 6.07) is 15.5. The number of hydrogen-bond acceptors (Lipinski definition) is 6. The van der Waals surface area contributed by atoms with Crippen molar-refractivity contribution in [2.24, 2.45) is 5.10 Å². The number of furan rings is 1. The number of rotatable bonds is 6. The first-order chi connectivity index (χ1) is 15.0. The van der Waals surface area contributed by atoms with E-state index in [0.717, 1.165) is 5.56 Å². The summed E-state index contributed by atoms with van der Waals surface area (Å²) < 4.78 is 5.16. The zero-order chi connectivity index (χ0) is 21.8. The van der Waals surface area contributed by atoms with Crippen LogP contribution < -0.4 is 10.7 Å². The quantitative estimate of drug-likeness (QED) is 0.223. The summed E-state index contributed by atoms with van der Waals surface area (Å²) in [5.74, 6) is -0.188. The van der Waals surface area contributed by atoms with Crippen LogP contribution in [0.15, 0.2) is 70.4 Å². The summed E-state index contributed by atoms with van der Waals surface area (Å²) in [5, 5.41) is 9.64. The minimum absolute atomic E-state index is 0.195. The molecule has 4 rings (SSSR count). The molecule has 0 spiro atoms. The zero-order valence-electron chi connectivity index (χ0n) is 15.6. The Morgan fingerprint density at radius 2 is 1.84 bits per heavy atom. The van der Waals surface area contributed by atoms with Gasteiger partial charge in [-0.15, -0.1) is 0 Å². The summed E-state index contributed by atoms with van der Waals surface area (Å²) in [6.07, 6.45) is 2.99. The van der Waals surface area contributed by atoms with Crippen LogP contribution in [0, 0.1) is 0 Å². The maximum absolute atomic E-state index is 12.5. The second kappa shape index (κ2) is 9.53. The molecule has 0 bridgehead atoms. The first-order valence-electron chi connectivity index (χ1n) is 8.85. The van der Waals surface area contributed by atoms with Gasteiger partial charge in [0.25, 0.3) is 5.91 Å². The number of amides is 1. The third-order valence-electron chi connectivity index (χ3n) is 4.04. The molecule has 0 aliphatic rings. The number of halogens is 3. The smallest absolute Gasteiger partial charge is 0.292 e. The van der Waals surface area contributed by atoms with Gasteiger partial charge in [-0.1, -0.05) is 64.3 Å². The predicted molar refractivity (Wildman–Crippen MR) is 127 cm³/mol. The average Bonchev–Trinajstić information content (AvgIpc) is 3.41. The lowest BCUT2D eigenvalue weighted by atomic mass is 10.1. The molecule has 2 aromatic carbocycles. The van der Waals surface area contributed by atoms with Gasteiger partial charge in [-0.25, -0.2) is 4.98 Å². The molecule has 2 aromatic heterocycles. The van der Waals surface area contributed by atoms with Crippen molar-refractivity contribution in [1.29, 1.82) is 0 Å². The van der Waals surface area contributed by atoms with Gasteiger partial charge in [0.2, 0.25) is 5.13 Å². The highest BCUT2D eigenvalue weighted by molar-refractivity contribution is 7.20. The van der Waals surface area contributed by atoms with Crippen LogP contribution in [0.2, 0.25) is 15.1 Å². The fourth-order valence-electron chi connectivity index (χ4n) is 2.59. The van der Waals surface area contributed by atoms with Gasteiger partial charge in [0.15, 0.2) is 5.76 Å². The lowest BCUT2D eigenvalue weighted by Gasteiger charge is -2.03. The highest BCUT2D eigenvalue weighted by atomic mass is 35.5. The summed E-state index contributed by atoms with van der Waals surface area (Å²) in [7, 11) is 0. The van der Waals surface area contributed by atoms with Gasteiger partial charge in [0.1, 0.15) is 10.7 Å². The summed E-state index contributed by atoms with van der Waals surface area (Å²) >= 11 is 19.3. The van der Waals surface area contributed by atoms with Gasteiger partial charge in [0.05, 0.1) is 17.5 Å². The Labute approximate surface area is 196 Å². The molecule has 1 amide bonds. The summed E-state index contributed by atoms with van der Waals surface area (Å²) in [5.41, 5.74) is 4.92. The number of benzene rings is 2. The van der Waals surface area contributed by atoms with Crippen molar-refractivity contribution >= 4 is 68.4 Å². The predicted octanol–water partition coefficient (Wildman–Crippen LogP) is 7.06. The number of hydrazone groups is 1. The van der Waals surface area contributed by atoms with E-state index in [1.807, 2.05) is 12.1 Å². The van der Waals surface area contributed by atoms with Gasteiger partial charge in [-0.05, 0) is 36.4 Å². The first-order valence-corrected chi connectivity index (χ1v) is 10.8. The van der Waals surface area contributed by atoms with E-state index >= 15 is 0 Å². The van der Waals surface area contributed by atoms with Crippen molar-refractivity contribution in [2.45, 2.75) is 0 Å². The van der Waals surface area contributed by atoms with Crippen LogP contribution in [0.5, 0.6) is 0 Å². The summed E-state index contributed by atoms with van der Waals surface area (Å²) in [6.45, 7) is 0. The SMILES string of the molecule is O=C(Nc1sc(N/N=C\c2ccc(Cl)cc2Cl)nc1-c1ccc(Cl)cc1)c1ccco1. The number of carbonyl (C=O) groups excluding carboxylic acids is 1. The maximum Gasteiger partial charge on any atom is 0.292 e. The fraction of sp³-hybridized carbons (Fsp3) is 0. The van der Waals surface area contributed by atoms with Crippen molar-refractivity contribution in [3.63, 3.8) is 0 Å². The number of anilines is 2. The van der Waals surface area contributed by atoms with E-state index < -0.39 is 0 Å². The van der Waals surface area contributed by atoms with Gasteiger partial charge in [0, 0.05) is 21.2 Å². The van der Waals surface area contributed by atoms with E-state index in [1.54, 1.807) is 48.7 Å². The lowest BCUT2D eigenvalue weighted by Crippen LogP contribution is -2.10. The Bertz CT molecular complexity index is 1240. The molecular weight excluding hydrogens is 479 g/mol. The van der Waals surface area contributed by atoms with Gasteiger partial charge >= 0.3 is 0 Å². The molecule has 0 fully saturated rings. The second-order valence-corrected chi connectivity index (χ2v) is 8.45. The Morgan fingerprint density at radius 1 is 1.06 bits per heavy atom. The highest BCUT2D eigenvalue weighted by Gasteiger charge is 2.17. The number of hydrogen-bond donors (Lipinski definition) is 2. The standard InChI is InChI=1S/C21H13Cl3N4O2S/c22-14-6-3-12(4-7-14)18-20(27-19(29)17-2-1-9-30-17)31-21(26-18)28-25-11-13-5-8-15(23)10-16(13)24/h1-11H,(H,26,28)(H,27,29)/b25-11-. The van der Waals surface area contributed by atoms with E-state index in [0.29, 0.717) is 36.5 Å². The number of nitrogens with one attached hydrogen (secondary N) is 2. The van der Waals surface area contributed by atoms with Crippen LogP contribution in [0.3, 0.4) is 0 Å². The number of thiazole rings is 1. The Kier molecular flexibility index (Phi) is 6.58. The normalized spacial score (nSPS) is 11.1. The molecule has 6 nitrogen and oxygen atoms in total. The molecular formula is C21H13Cl3N4O2S. The van der Waals surface area contributed by atoms with Crippen LogP contribution >= 0.6 is 46.1 Å². The van der Waals surface area contributed by atoms with Gasteiger partial charge < -0.3 is 9.73 Å². The molecule has 156 valence electrons. The van der Waals surface area contributed by atoms with Gasteiger partial charge in [-0.2, -0.15) is 5.10 Å². The molecule has 4 aromatic rings. The van der Waals surface area contributed by atoms with E-state index in [-0.39, 0.29) is 11.7 Å². The molecule has 0 atom stereocenters. The zero-order valence-corrected chi connectivity index (χ0v) is 18.7. The molecule has 0 saturated carbocycles. The molecule has 0 radical (unpaired) electrons. The minimum atomic E-state index is -0.383. The topological polar surface area (TPSA) is 79.5 Å². The van der Waals surface area contributed by atoms with Gasteiger partial charge in [-0.3, -0.25) is 10.2 Å². The molecule has 0 aliphatic heterocycles. The first kappa shape index (κ1) is 21.4. The largest absolute Gasteiger partial charge is 0.459 e. The highest BCUT2D eigenvalue weighted by Crippen LogP contribution is 2.36. The van der Waals surface area contributed by atoms with Crippen molar-refractivity contribution < 1.29 is 9.21 Å². The number of nitrogens with zero attached hydrogens (tertiary/aromatic N) is 2. The molecule has 0 unspecified atom stereocenters. The number of aromatic nitrogens is 1. The second-order valence-electron chi connectivity index (χ2n) is 6.17. The Balaban J connectivity index is 1.60. The van der Waals surface area contributed by atoms with Crippen molar-refractivity contribution in [1.82, 2.24) is 4.98 Å². The Morgan fingerprint density at radius 3 is 2.55 bits per heavy atom. The van der Waals surface area contributed by atoms with Crippen LogP contribution in [0.1, 0.15) is 16.1 Å².